The van der Waals surface area contributed by atoms with Crippen molar-refractivity contribution in [3.63, 3.8) is 0 Å². The van der Waals surface area contributed by atoms with Crippen molar-refractivity contribution in [3.05, 3.63) is 54.2 Å². The highest BCUT2D eigenvalue weighted by molar-refractivity contribution is 5.79. The molecule has 0 aliphatic rings. The topological polar surface area (TPSA) is 77.0 Å². The van der Waals surface area contributed by atoms with E-state index in [9.17, 15) is 0 Å². The minimum atomic E-state index is 0.490. The van der Waals surface area contributed by atoms with Crippen LogP contribution in [-0.4, -0.2) is 51.0 Å². The average Bonchev–Trinajstić information content (AvgIpc) is 2.73. The number of aromatic nitrogens is 1. The molecule has 0 saturated carbocycles. The molecule has 1 heterocycles. The summed E-state index contributed by atoms with van der Waals surface area (Å²) in [4.78, 5) is 8.88. The number of methoxy groups -OCH3 is 1. The highest BCUT2D eigenvalue weighted by Crippen LogP contribution is 2.09. The van der Waals surface area contributed by atoms with Crippen LogP contribution in [0.15, 0.2) is 53.7 Å². The fourth-order valence-corrected chi connectivity index (χ4v) is 2.32. The second kappa shape index (κ2) is 13.4. The van der Waals surface area contributed by atoms with Crippen LogP contribution in [0.3, 0.4) is 0 Å². The Morgan fingerprint density at radius 3 is 2.57 bits per heavy atom. The number of nitrogens with one attached hydrogen (secondary N) is 2. The fraction of sp³-hybridized carbons (Fsp3) is 0.429. The SMILES string of the molecule is CCNC(=NCc1ccc(OCCOC)nc1)NCCCOc1ccccc1. The zero-order valence-electron chi connectivity index (χ0n) is 16.7. The highest BCUT2D eigenvalue weighted by Gasteiger charge is 2.00. The van der Waals surface area contributed by atoms with Gasteiger partial charge in [-0.05, 0) is 31.0 Å². The van der Waals surface area contributed by atoms with Gasteiger partial charge in [0.1, 0.15) is 12.4 Å². The van der Waals surface area contributed by atoms with E-state index < -0.39 is 0 Å². The van der Waals surface area contributed by atoms with Crippen LogP contribution >= 0.6 is 0 Å². The molecule has 28 heavy (non-hydrogen) atoms. The number of guanidine groups is 1. The van der Waals surface area contributed by atoms with Crippen molar-refractivity contribution < 1.29 is 14.2 Å². The van der Waals surface area contributed by atoms with E-state index in [-0.39, 0.29) is 0 Å². The Morgan fingerprint density at radius 1 is 1.00 bits per heavy atom. The lowest BCUT2D eigenvalue weighted by Crippen LogP contribution is -2.38. The largest absolute Gasteiger partial charge is 0.494 e. The molecule has 0 unspecified atom stereocenters. The molecule has 0 aliphatic carbocycles. The van der Waals surface area contributed by atoms with Crippen molar-refractivity contribution in [3.8, 4) is 11.6 Å². The highest BCUT2D eigenvalue weighted by atomic mass is 16.5. The van der Waals surface area contributed by atoms with Crippen molar-refractivity contribution in [1.29, 1.82) is 0 Å². The van der Waals surface area contributed by atoms with Gasteiger partial charge in [-0.2, -0.15) is 0 Å². The van der Waals surface area contributed by atoms with E-state index in [1.807, 2.05) is 49.4 Å². The number of pyridine rings is 1. The molecule has 0 atom stereocenters. The third-order valence-corrected chi connectivity index (χ3v) is 3.72. The zero-order chi connectivity index (χ0) is 19.9. The number of nitrogens with zero attached hydrogens (tertiary/aromatic N) is 2. The van der Waals surface area contributed by atoms with Crippen LogP contribution in [0, 0.1) is 0 Å². The quantitative estimate of drug-likeness (QED) is 0.332. The van der Waals surface area contributed by atoms with Crippen LogP contribution in [0.5, 0.6) is 11.6 Å². The number of benzene rings is 1. The zero-order valence-corrected chi connectivity index (χ0v) is 16.7. The van der Waals surface area contributed by atoms with Crippen LogP contribution in [0.1, 0.15) is 18.9 Å². The Bertz CT molecular complexity index is 678. The molecule has 0 bridgehead atoms. The van der Waals surface area contributed by atoms with Crippen molar-refractivity contribution in [2.75, 3.05) is 40.0 Å². The van der Waals surface area contributed by atoms with Gasteiger partial charge < -0.3 is 24.8 Å². The standard InChI is InChI=1S/C21H30N4O3/c1-3-22-21(23-12-7-13-27-19-8-5-4-6-9-19)25-17-18-10-11-20(24-16-18)28-15-14-26-2/h4-6,8-11,16H,3,7,12-15,17H2,1-2H3,(H2,22,23,25). The van der Waals surface area contributed by atoms with Crippen LogP contribution in [-0.2, 0) is 11.3 Å². The molecule has 0 fully saturated rings. The maximum absolute atomic E-state index is 5.70. The smallest absolute Gasteiger partial charge is 0.213 e. The van der Waals surface area contributed by atoms with Gasteiger partial charge in [-0.3, -0.25) is 0 Å². The summed E-state index contributed by atoms with van der Waals surface area (Å²) in [5, 5.41) is 6.57. The predicted molar refractivity (Wildman–Crippen MR) is 111 cm³/mol. The van der Waals surface area contributed by atoms with Crippen LogP contribution < -0.4 is 20.1 Å². The normalized spacial score (nSPS) is 11.1. The number of hydrogen-bond acceptors (Lipinski definition) is 5. The van der Waals surface area contributed by atoms with Gasteiger partial charge in [0, 0.05) is 32.5 Å². The number of para-hydroxylation sites is 1. The molecule has 2 rings (SSSR count). The molecule has 0 saturated heterocycles. The average molecular weight is 386 g/mol. The summed E-state index contributed by atoms with van der Waals surface area (Å²) in [6.07, 6.45) is 2.66. The lowest BCUT2D eigenvalue weighted by molar-refractivity contribution is 0.143. The number of rotatable bonds is 12. The minimum Gasteiger partial charge on any atom is -0.494 e. The maximum atomic E-state index is 5.70. The number of hydrogen-bond donors (Lipinski definition) is 2. The van der Waals surface area contributed by atoms with Crippen LogP contribution in [0.2, 0.25) is 0 Å². The Morgan fingerprint density at radius 2 is 1.86 bits per heavy atom. The molecule has 0 aliphatic heterocycles. The summed E-state index contributed by atoms with van der Waals surface area (Å²) in [5.41, 5.74) is 1.02. The second-order valence-electron chi connectivity index (χ2n) is 5.98. The van der Waals surface area contributed by atoms with Crippen molar-refractivity contribution in [2.45, 2.75) is 19.9 Å². The first-order valence-electron chi connectivity index (χ1n) is 9.58. The molecule has 1 aromatic carbocycles. The van der Waals surface area contributed by atoms with Gasteiger partial charge in [0.05, 0.1) is 19.8 Å². The van der Waals surface area contributed by atoms with Crippen LogP contribution in [0.4, 0.5) is 0 Å². The maximum Gasteiger partial charge on any atom is 0.213 e. The van der Waals surface area contributed by atoms with Crippen LogP contribution in [0.25, 0.3) is 0 Å². The predicted octanol–water partition coefficient (Wildman–Crippen LogP) is 2.63. The molecule has 152 valence electrons. The molecule has 0 spiro atoms. The first-order chi connectivity index (χ1) is 13.8. The summed E-state index contributed by atoms with van der Waals surface area (Å²) in [6, 6.07) is 13.7. The van der Waals surface area contributed by atoms with E-state index >= 15 is 0 Å². The fourth-order valence-electron chi connectivity index (χ4n) is 2.32. The van der Waals surface area contributed by atoms with E-state index in [0.717, 1.165) is 36.8 Å². The molecule has 7 nitrogen and oxygen atoms in total. The van der Waals surface area contributed by atoms with Gasteiger partial charge in [-0.1, -0.05) is 24.3 Å². The molecule has 1 aromatic heterocycles. The summed E-state index contributed by atoms with van der Waals surface area (Å²) >= 11 is 0. The third-order valence-electron chi connectivity index (χ3n) is 3.72. The minimum absolute atomic E-state index is 0.490. The Hall–Kier alpha value is -2.80. The van der Waals surface area contributed by atoms with E-state index in [0.29, 0.717) is 32.2 Å². The van der Waals surface area contributed by atoms with Crippen molar-refractivity contribution >= 4 is 5.96 Å². The van der Waals surface area contributed by atoms with Gasteiger partial charge in [-0.25, -0.2) is 9.98 Å². The van der Waals surface area contributed by atoms with E-state index in [1.54, 1.807) is 13.3 Å². The van der Waals surface area contributed by atoms with Crippen molar-refractivity contribution in [1.82, 2.24) is 15.6 Å². The molecular formula is C21H30N4O3. The van der Waals surface area contributed by atoms with Gasteiger partial charge in [0.15, 0.2) is 5.96 Å². The van der Waals surface area contributed by atoms with E-state index in [2.05, 4.69) is 20.6 Å². The Balaban J connectivity index is 1.71. The molecule has 0 amide bonds. The van der Waals surface area contributed by atoms with Gasteiger partial charge in [0.25, 0.3) is 0 Å². The van der Waals surface area contributed by atoms with Gasteiger partial charge >= 0.3 is 0 Å². The third kappa shape index (κ3) is 8.73. The monoisotopic (exact) mass is 386 g/mol. The summed E-state index contributed by atoms with van der Waals surface area (Å²) < 4.78 is 16.1. The lowest BCUT2D eigenvalue weighted by atomic mass is 10.3. The molecule has 2 aromatic rings. The molecule has 2 N–H and O–H groups in total. The van der Waals surface area contributed by atoms with Gasteiger partial charge in [-0.15, -0.1) is 0 Å². The first kappa shape index (κ1) is 21.5. The van der Waals surface area contributed by atoms with Gasteiger partial charge in [0.2, 0.25) is 5.88 Å². The lowest BCUT2D eigenvalue weighted by Gasteiger charge is -2.12. The number of aliphatic imine (C=N–C) groups is 1. The summed E-state index contributed by atoms with van der Waals surface area (Å²) in [6.45, 7) is 5.86. The van der Waals surface area contributed by atoms with E-state index in [4.69, 9.17) is 14.2 Å². The molecular weight excluding hydrogens is 356 g/mol. The Kier molecular flexibility index (Phi) is 10.3. The summed E-state index contributed by atoms with van der Waals surface area (Å²) in [5.74, 6) is 2.26. The molecule has 0 radical (unpaired) electrons. The second-order valence-corrected chi connectivity index (χ2v) is 5.98. The Labute approximate surface area is 167 Å². The van der Waals surface area contributed by atoms with E-state index in [1.165, 1.54) is 0 Å². The summed E-state index contributed by atoms with van der Waals surface area (Å²) in [7, 11) is 1.64. The van der Waals surface area contributed by atoms with Crippen molar-refractivity contribution in [2.24, 2.45) is 4.99 Å². The first-order valence-corrected chi connectivity index (χ1v) is 9.58. The number of ether oxygens (including phenoxy) is 3. The molecule has 7 heteroatoms.